The summed E-state index contributed by atoms with van der Waals surface area (Å²) in [6.07, 6.45) is 1.76. The van der Waals surface area contributed by atoms with E-state index in [9.17, 15) is 0 Å². The number of aromatic nitrogens is 9. The Morgan fingerprint density at radius 3 is 1.10 bits per heavy atom. The number of aryl methyl sites for hydroxylation is 2. The summed E-state index contributed by atoms with van der Waals surface area (Å²) in [6, 6.07) is 119. The summed E-state index contributed by atoms with van der Waals surface area (Å²) in [7, 11) is 0. The van der Waals surface area contributed by atoms with E-state index in [1.54, 1.807) is 11.0 Å². The van der Waals surface area contributed by atoms with Gasteiger partial charge in [-0.15, -0.1) is 53.6 Å². The number of hydrogen-bond donors (Lipinski definition) is 0. The van der Waals surface area contributed by atoms with E-state index in [-0.39, 0.29) is 84.3 Å². The Balaban J connectivity index is 0.000000154. The van der Waals surface area contributed by atoms with Gasteiger partial charge in [0.25, 0.3) is 0 Å². The predicted octanol–water partition coefficient (Wildman–Crippen LogP) is 20.5. The normalized spacial score (nSPS) is 10.3. The summed E-state index contributed by atoms with van der Waals surface area (Å²) < 4.78 is 9.65. The first-order valence-corrected chi connectivity index (χ1v) is 31.7. The number of nitrogens with zero attached hydrogens (tertiary/aromatic N) is 9. The molecule has 0 bridgehead atoms. The molecule has 0 spiro atoms. The van der Waals surface area contributed by atoms with Gasteiger partial charge in [0.1, 0.15) is 23.0 Å². The molecule has 0 aliphatic carbocycles. The zero-order valence-corrected chi connectivity index (χ0v) is 63.9. The first-order chi connectivity index (χ1) is 47.3. The van der Waals surface area contributed by atoms with Gasteiger partial charge >= 0.3 is 84.3 Å². The minimum absolute atomic E-state index is 0. The summed E-state index contributed by atoms with van der Waals surface area (Å²) in [5, 5.41) is 22.5. The minimum Gasteiger partial charge on any atom is -0.481 e. The van der Waals surface area contributed by atoms with Crippen molar-refractivity contribution in [2.75, 3.05) is 0 Å². The molecule has 4 aromatic heterocycles. The molecule has 100 heavy (non-hydrogen) atoms. The number of hydrogen-bond acceptors (Lipinski definition) is 7. The number of oxazole rings is 1. The second-order valence-electron chi connectivity index (χ2n) is 22.6. The van der Waals surface area contributed by atoms with Gasteiger partial charge in [0.05, 0.1) is 23.3 Å². The van der Waals surface area contributed by atoms with Crippen LogP contribution in [0.4, 0.5) is 0 Å². The van der Waals surface area contributed by atoms with Crippen LogP contribution in [0, 0.1) is 52.0 Å². The van der Waals surface area contributed by atoms with Crippen LogP contribution in [0.3, 0.4) is 0 Å². The largest absolute Gasteiger partial charge is 2.00 e. The average Bonchev–Trinajstić information content (AvgIpc) is 1.64. The van der Waals surface area contributed by atoms with Crippen molar-refractivity contribution in [2.45, 2.75) is 27.7 Å². The topological polar surface area (TPSA) is 105 Å². The van der Waals surface area contributed by atoms with Gasteiger partial charge in [-0.1, -0.05) is 229 Å². The molecule has 12 aromatic carbocycles. The molecule has 14 heteroatoms. The van der Waals surface area contributed by atoms with Gasteiger partial charge in [0.15, 0.2) is 0 Å². The molecule has 4 heterocycles. The molecular formula is C86H65N9OPt4+4. The van der Waals surface area contributed by atoms with E-state index < -0.39 is 0 Å². The summed E-state index contributed by atoms with van der Waals surface area (Å²) in [4.78, 5) is 5.98. The van der Waals surface area contributed by atoms with Crippen LogP contribution in [0.15, 0.2) is 326 Å². The van der Waals surface area contributed by atoms with Crippen LogP contribution < -0.4 is 0 Å². The molecule has 0 N–H and O–H groups in total. The maximum absolute atomic E-state index is 5.86. The summed E-state index contributed by atoms with van der Waals surface area (Å²) >= 11 is 0. The van der Waals surface area contributed by atoms with Gasteiger partial charge in [0, 0.05) is 27.9 Å². The molecule has 0 aliphatic rings. The Bertz CT molecular complexity index is 5000. The molecule has 16 rings (SSSR count). The zero-order valence-electron chi connectivity index (χ0n) is 54.8. The van der Waals surface area contributed by atoms with Gasteiger partial charge in [-0.2, -0.15) is 92.9 Å². The molecule has 0 fully saturated rings. The summed E-state index contributed by atoms with van der Waals surface area (Å²) in [5.41, 5.74) is 24.6. The van der Waals surface area contributed by atoms with E-state index in [1.807, 2.05) is 157 Å². The molecule has 0 aliphatic heterocycles. The van der Waals surface area contributed by atoms with Crippen molar-refractivity contribution in [1.82, 2.24) is 44.8 Å². The third-order valence-electron chi connectivity index (χ3n) is 16.3. The van der Waals surface area contributed by atoms with Gasteiger partial charge in [-0.3, -0.25) is 9.67 Å². The smallest absolute Gasteiger partial charge is 0.481 e. The Morgan fingerprint density at radius 2 is 0.670 bits per heavy atom. The van der Waals surface area contributed by atoms with Gasteiger partial charge in [0.2, 0.25) is 0 Å². The molecule has 0 radical (unpaired) electrons. The predicted molar refractivity (Wildman–Crippen MR) is 386 cm³/mol. The standard InChI is InChI=1S/C23H19N2.2C21H16N3.C21H14NO.4Pt/c1-17-23(18(2)25(24-17)22-11-7-4-8-12-22)21-15-13-20(14-16-21)19-9-5-3-6-10-19;1-16-21(22-23-24(16)20-10-6-3-7-11-20)19-14-12-18(13-15-19)17-8-4-2-5-9-17;1-16-21(23-24(22-16)20-10-6-3-7-11-20)19-14-12-18(13-15-19)17-8-4-2-5-9-17;1-3-7-16(8-4-1)17-11-13-18(14-12-17)20-15-22-21(23-20)19-9-5-2-6-10-19;;;;/h3-11,13-16H,1-2H3;2*2-10,12-15H,1H3;1-9,11-15H;;;;/q4*-1;4*+2. The first-order valence-electron chi connectivity index (χ1n) is 31.7. The van der Waals surface area contributed by atoms with Crippen LogP contribution in [-0.4, -0.2) is 44.8 Å². The third kappa shape index (κ3) is 18.1. The number of rotatable bonds is 12. The Hall–Kier alpha value is -9.91. The second kappa shape index (κ2) is 36.3. The fraction of sp³-hybridized carbons (Fsp3) is 0.0465. The Labute approximate surface area is 642 Å². The van der Waals surface area contributed by atoms with E-state index in [0.717, 1.165) is 79.2 Å². The molecule has 0 atom stereocenters. The van der Waals surface area contributed by atoms with E-state index in [0.29, 0.717) is 5.89 Å². The van der Waals surface area contributed by atoms with Crippen molar-refractivity contribution in [1.29, 1.82) is 0 Å². The maximum Gasteiger partial charge on any atom is 2.00 e. The fourth-order valence-corrected chi connectivity index (χ4v) is 11.3. The molecular weight excluding hydrogens is 1960 g/mol. The zero-order chi connectivity index (χ0) is 65.4. The van der Waals surface area contributed by atoms with Crippen LogP contribution >= 0.6 is 0 Å². The molecule has 0 saturated carbocycles. The van der Waals surface area contributed by atoms with Crippen LogP contribution in [0.1, 0.15) is 22.8 Å². The van der Waals surface area contributed by atoms with Crippen molar-refractivity contribution in [2.24, 2.45) is 0 Å². The van der Waals surface area contributed by atoms with Crippen molar-refractivity contribution < 1.29 is 88.7 Å². The Morgan fingerprint density at radius 1 is 0.300 bits per heavy atom. The molecule has 0 unspecified atom stereocenters. The van der Waals surface area contributed by atoms with Crippen LogP contribution in [0.25, 0.3) is 118 Å². The van der Waals surface area contributed by atoms with Gasteiger partial charge in [-0.05, 0) is 94.8 Å². The van der Waals surface area contributed by atoms with Crippen LogP contribution in [0.2, 0.25) is 0 Å². The van der Waals surface area contributed by atoms with Crippen molar-refractivity contribution in [3.05, 3.63) is 369 Å². The van der Waals surface area contributed by atoms with Crippen molar-refractivity contribution >= 4 is 0 Å². The van der Waals surface area contributed by atoms with Gasteiger partial charge < -0.3 is 4.42 Å². The Kier molecular flexibility index (Phi) is 26.9. The molecule has 16 aromatic rings. The molecule has 10 nitrogen and oxygen atoms in total. The van der Waals surface area contributed by atoms with Crippen molar-refractivity contribution in [3.8, 4) is 118 Å². The van der Waals surface area contributed by atoms with Crippen molar-refractivity contribution in [3.63, 3.8) is 0 Å². The maximum atomic E-state index is 5.86. The molecule has 0 saturated heterocycles. The monoisotopic (exact) mass is 2020 g/mol. The van der Waals surface area contributed by atoms with Crippen LogP contribution in [0.5, 0.6) is 0 Å². The number of para-hydroxylation sites is 3. The minimum atomic E-state index is 0. The molecule has 0 amide bonds. The summed E-state index contributed by atoms with van der Waals surface area (Å²) in [6.45, 7) is 8.18. The van der Waals surface area contributed by atoms with Crippen LogP contribution in [-0.2, 0) is 84.3 Å². The van der Waals surface area contributed by atoms with E-state index in [2.05, 4.69) is 246 Å². The first kappa shape index (κ1) is 74.3. The van der Waals surface area contributed by atoms with E-state index in [1.165, 1.54) is 55.6 Å². The number of benzene rings is 12. The average molecular weight is 2020 g/mol. The SMILES string of the molecule is Cc1c(-c2ccc(-c3ccccc3)cc2)nnn1-c1[c-]cccc1.Cc1nn(-c2[c-]cccc2)c(C)c1-c1ccc(-c2ccccc2)cc1.Cc1nn(-c2[c-]cccc2)nc1-c1ccc(-c2ccccc2)cc1.[Pt+2].[Pt+2].[Pt+2].[Pt+2].[c-]1ccccc1-c1ncc(-c2ccc(-c3ccccc3)cc2)o1. The van der Waals surface area contributed by atoms with E-state index in [4.69, 9.17) is 9.52 Å². The van der Waals surface area contributed by atoms with Gasteiger partial charge in [-0.25, -0.2) is 4.68 Å². The second-order valence-corrected chi connectivity index (χ2v) is 22.6. The molecule has 496 valence electrons. The quantitative estimate of drug-likeness (QED) is 0.112. The fourth-order valence-electron chi connectivity index (χ4n) is 11.3. The van der Waals surface area contributed by atoms with E-state index >= 15 is 0 Å². The summed E-state index contributed by atoms with van der Waals surface area (Å²) in [5.74, 6) is 1.35. The third-order valence-corrected chi connectivity index (χ3v) is 16.3.